The zero-order valence-electron chi connectivity index (χ0n) is 10.4. The number of nitrogens with one attached hydrogen (secondary N) is 1. The highest BCUT2D eigenvalue weighted by Gasteiger charge is 2.60. The smallest absolute Gasteiger partial charge is 0.407 e. The van der Waals surface area contributed by atoms with Crippen LogP contribution in [0.25, 0.3) is 0 Å². The molecular formula is C13H19NO4. The molecule has 0 aliphatic heterocycles. The summed E-state index contributed by atoms with van der Waals surface area (Å²) >= 11 is 0. The molecule has 0 aromatic carbocycles. The summed E-state index contributed by atoms with van der Waals surface area (Å²) in [7, 11) is 0. The van der Waals surface area contributed by atoms with Gasteiger partial charge in [-0.2, -0.15) is 0 Å². The van der Waals surface area contributed by atoms with Gasteiger partial charge in [-0.25, -0.2) is 4.79 Å². The number of carbonyl (C=O) groups is 2. The predicted octanol–water partition coefficient (Wildman–Crippen LogP) is 1.79. The summed E-state index contributed by atoms with van der Waals surface area (Å²) in [5.41, 5.74) is -0.0580. The molecule has 5 nitrogen and oxygen atoms in total. The topological polar surface area (TPSA) is 75.6 Å². The number of rotatable bonds is 5. The maximum atomic E-state index is 11.3. The summed E-state index contributed by atoms with van der Waals surface area (Å²) in [6.45, 7) is 4.17. The zero-order chi connectivity index (χ0) is 13.2. The van der Waals surface area contributed by atoms with Gasteiger partial charge in [0.05, 0.1) is 5.92 Å². The molecule has 2 N–H and O–H groups in total. The first-order valence-electron chi connectivity index (χ1n) is 6.34. The molecule has 18 heavy (non-hydrogen) atoms. The summed E-state index contributed by atoms with van der Waals surface area (Å²) < 4.78 is 4.82. The first-order valence-corrected chi connectivity index (χ1v) is 6.34. The van der Waals surface area contributed by atoms with Crippen LogP contribution in [0.2, 0.25) is 0 Å². The average Bonchev–Trinajstić information content (AvgIpc) is 2.22. The number of carboxylic acid groups (broad SMARTS) is 1. The van der Waals surface area contributed by atoms with Crippen molar-refractivity contribution in [1.82, 2.24) is 5.32 Å². The van der Waals surface area contributed by atoms with Crippen molar-refractivity contribution in [3.63, 3.8) is 0 Å². The number of aliphatic carboxylic acids is 1. The normalized spacial score (nSPS) is 27.8. The summed E-state index contributed by atoms with van der Waals surface area (Å²) in [6, 6.07) is 0. The van der Waals surface area contributed by atoms with E-state index in [-0.39, 0.29) is 23.9 Å². The number of carbonyl (C=O) groups excluding carboxylic acids is 1. The van der Waals surface area contributed by atoms with Gasteiger partial charge in [-0.05, 0) is 30.6 Å². The second-order valence-corrected chi connectivity index (χ2v) is 5.18. The van der Waals surface area contributed by atoms with Gasteiger partial charge in [-0.1, -0.05) is 19.1 Å². The van der Waals surface area contributed by atoms with E-state index in [1.54, 1.807) is 0 Å². The van der Waals surface area contributed by atoms with Gasteiger partial charge in [0.25, 0.3) is 0 Å². The zero-order valence-corrected chi connectivity index (χ0v) is 10.4. The van der Waals surface area contributed by atoms with Crippen molar-refractivity contribution >= 4 is 12.1 Å². The van der Waals surface area contributed by atoms with E-state index in [0.29, 0.717) is 13.0 Å². The lowest BCUT2D eigenvalue weighted by Crippen LogP contribution is -2.59. The van der Waals surface area contributed by atoms with Crippen LogP contribution in [0.1, 0.15) is 25.7 Å². The van der Waals surface area contributed by atoms with Crippen molar-refractivity contribution in [3.05, 3.63) is 12.7 Å². The van der Waals surface area contributed by atoms with Crippen LogP contribution in [0.3, 0.4) is 0 Å². The summed E-state index contributed by atoms with van der Waals surface area (Å²) in [5, 5.41) is 11.8. The van der Waals surface area contributed by atoms with E-state index in [4.69, 9.17) is 9.84 Å². The lowest BCUT2D eigenvalue weighted by atomic mass is 9.44. The maximum absolute atomic E-state index is 11.3. The molecule has 2 rings (SSSR count). The number of hydrogen-bond acceptors (Lipinski definition) is 3. The molecule has 1 amide bonds. The summed E-state index contributed by atoms with van der Waals surface area (Å²) in [6.07, 6.45) is 4.76. The maximum Gasteiger partial charge on any atom is 0.407 e. The fraction of sp³-hybridized carbons (Fsp3) is 0.692. The molecule has 0 heterocycles. The van der Waals surface area contributed by atoms with E-state index in [1.807, 2.05) is 0 Å². The molecular weight excluding hydrogens is 234 g/mol. The monoisotopic (exact) mass is 253 g/mol. The van der Waals surface area contributed by atoms with Gasteiger partial charge in [0.1, 0.15) is 6.61 Å². The number of carboxylic acids is 1. The minimum Gasteiger partial charge on any atom is -0.481 e. The van der Waals surface area contributed by atoms with Gasteiger partial charge in [0, 0.05) is 6.54 Å². The highest BCUT2D eigenvalue weighted by atomic mass is 16.5. The Morgan fingerprint density at radius 1 is 1.50 bits per heavy atom. The van der Waals surface area contributed by atoms with Crippen LogP contribution in [0.15, 0.2) is 12.7 Å². The Bertz CT molecular complexity index is 362. The molecule has 0 saturated heterocycles. The third-order valence-electron chi connectivity index (χ3n) is 4.43. The van der Waals surface area contributed by atoms with Crippen LogP contribution in [0.4, 0.5) is 4.79 Å². The molecule has 5 heteroatoms. The third kappa shape index (κ3) is 2.09. The van der Waals surface area contributed by atoms with Crippen LogP contribution >= 0.6 is 0 Å². The third-order valence-corrected chi connectivity index (χ3v) is 4.43. The minimum atomic E-state index is -0.694. The standard InChI is InChI=1S/C13H19NO4/c1-2-6-18-12(17)14-8-9-7-10(11(15)16)13(9)4-3-5-13/h2,9-10H,1,3-8H2,(H,14,17)(H,15,16). The van der Waals surface area contributed by atoms with Crippen LogP contribution in [0.5, 0.6) is 0 Å². The molecule has 2 fully saturated rings. The van der Waals surface area contributed by atoms with Gasteiger partial charge >= 0.3 is 12.1 Å². The lowest BCUT2D eigenvalue weighted by Gasteiger charge is -2.60. The summed E-state index contributed by atoms with van der Waals surface area (Å²) in [5.74, 6) is -0.633. The van der Waals surface area contributed by atoms with Crippen LogP contribution < -0.4 is 5.32 Å². The average molecular weight is 253 g/mol. The van der Waals surface area contributed by atoms with Gasteiger partial charge in [-0.3, -0.25) is 4.79 Å². The molecule has 0 aromatic rings. The number of amides is 1. The largest absolute Gasteiger partial charge is 0.481 e. The summed E-state index contributed by atoms with van der Waals surface area (Å²) in [4.78, 5) is 22.4. The van der Waals surface area contributed by atoms with Crippen molar-refractivity contribution in [1.29, 1.82) is 0 Å². The Morgan fingerprint density at radius 3 is 2.72 bits per heavy atom. The Labute approximate surface area is 106 Å². The van der Waals surface area contributed by atoms with E-state index in [1.165, 1.54) is 6.08 Å². The second-order valence-electron chi connectivity index (χ2n) is 5.18. The Hall–Kier alpha value is -1.52. The molecule has 100 valence electrons. The molecule has 0 bridgehead atoms. The van der Waals surface area contributed by atoms with Crippen molar-refractivity contribution < 1.29 is 19.4 Å². The Morgan fingerprint density at radius 2 is 2.22 bits per heavy atom. The first kappa shape index (κ1) is 12.9. The van der Waals surface area contributed by atoms with Crippen molar-refractivity contribution in [2.75, 3.05) is 13.2 Å². The first-order chi connectivity index (χ1) is 8.60. The van der Waals surface area contributed by atoms with E-state index < -0.39 is 12.1 Å². The van der Waals surface area contributed by atoms with Crippen LogP contribution in [0, 0.1) is 17.3 Å². The highest BCUT2D eigenvalue weighted by molar-refractivity contribution is 5.73. The molecule has 2 saturated carbocycles. The SMILES string of the molecule is C=CCOC(=O)NCC1CC(C(=O)O)C12CCC2. The van der Waals surface area contributed by atoms with Gasteiger partial charge in [0.15, 0.2) is 0 Å². The molecule has 1 spiro atoms. The highest BCUT2D eigenvalue weighted by Crippen LogP contribution is 2.63. The fourth-order valence-corrected chi connectivity index (χ4v) is 3.25. The quantitative estimate of drug-likeness (QED) is 0.732. The number of hydrogen-bond donors (Lipinski definition) is 2. The number of ether oxygens (including phenoxy) is 1. The Kier molecular flexibility index (Phi) is 3.59. The van der Waals surface area contributed by atoms with Gasteiger partial charge < -0.3 is 15.2 Å². The molecule has 2 atom stereocenters. The second kappa shape index (κ2) is 5.00. The fourth-order valence-electron chi connectivity index (χ4n) is 3.25. The molecule has 2 aliphatic carbocycles. The van der Waals surface area contributed by atoms with E-state index >= 15 is 0 Å². The molecule has 0 aromatic heterocycles. The van der Waals surface area contributed by atoms with Crippen molar-refractivity contribution in [3.8, 4) is 0 Å². The van der Waals surface area contributed by atoms with Crippen LogP contribution in [-0.4, -0.2) is 30.3 Å². The lowest BCUT2D eigenvalue weighted by molar-refractivity contribution is -0.175. The van der Waals surface area contributed by atoms with Crippen molar-refractivity contribution in [2.45, 2.75) is 25.7 Å². The molecule has 2 aliphatic rings. The predicted molar refractivity (Wildman–Crippen MR) is 65.1 cm³/mol. The van der Waals surface area contributed by atoms with Crippen LogP contribution in [-0.2, 0) is 9.53 Å². The molecule has 0 radical (unpaired) electrons. The molecule has 2 unspecified atom stereocenters. The Balaban J connectivity index is 1.79. The van der Waals surface area contributed by atoms with Gasteiger partial charge in [-0.15, -0.1) is 0 Å². The van der Waals surface area contributed by atoms with E-state index in [2.05, 4.69) is 11.9 Å². The van der Waals surface area contributed by atoms with E-state index in [9.17, 15) is 9.59 Å². The van der Waals surface area contributed by atoms with E-state index in [0.717, 1.165) is 19.3 Å². The number of alkyl carbamates (subject to hydrolysis) is 1. The van der Waals surface area contributed by atoms with Crippen molar-refractivity contribution in [2.24, 2.45) is 17.3 Å². The minimum absolute atomic E-state index is 0.0580. The van der Waals surface area contributed by atoms with Gasteiger partial charge in [0.2, 0.25) is 0 Å².